The van der Waals surface area contributed by atoms with Crippen molar-refractivity contribution in [2.45, 2.75) is 25.8 Å². The molecule has 0 aliphatic carbocycles. The molecule has 0 aliphatic rings. The molecular formula is C23H24N6O2. The Balaban J connectivity index is 1.44. The topological polar surface area (TPSA) is 85.9 Å². The Bertz CT molecular complexity index is 1260. The predicted molar refractivity (Wildman–Crippen MR) is 118 cm³/mol. The van der Waals surface area contributed by atoms with Gasteiger partial charge >= 0.3 is 0 Å². The average molecular weight is 416 g/mol. The standard InChI is InChI=1S/C23H24N6O2/c1-16(17-8-10-18(11-9-17)29-15-24-14-25-29)27(2)22(30)13-12-21-26-20-7-5-4-6-19(20)23(31)28(21)3/h4-11,14-16H,12-13H2,1-3H3/t16-/m1/s1. The van der Waals surface area contributed by atoms with Crippen LogP contribution in [0.4, 0.5) is 0 Å². The van der Waals surface area contributed by atoms with Gasteiger partial charge in [-0.1, -0.05) is 24.3 Å². The molecule has 0 saturated carbocycles. The lowest BCUT2D eigenvalue weighted by Crippen LogP contribution is -2.30. The van der Waals surface area contributed by atoms with Gasteiger partial charge in [0.05, 0.1) is 22.6 Å². The Morgan fingerprint density at radius 1 is 1.13 bits per heavy atom. The second kappa shape index (κ2) is 8.51. The van der Waals surface area contributed by atoms with E-state index in [1.54, 1.807) is 36.1 Å². The summed E-state index contributed by atoms with van der Waals surface area (Å²) in [5, 5.41) is 4.70. The number of para-hydroxylation sites is 1. The molecule has 1 amide bonds. The van der Waals surface area contributed by atoms with Crippen LogP contribution in [-0.4, -0.2) is 42.2 Å². The van der Waals surface area contributed by atoms with Crippen molar-refractivity contribution < 1.29 is 4.79 Å². The predicted octanol–water partition coefficient (Wildman–Crippen LogP) is 2.67. The first-order valence-corrected chi connectivity index (χ1v) is 10.1. The molecule has 2 heterocycles. The molecule has 4 aromatic rings. The lowest BCUT2D eigenvalue weighted by molar-refractivity contribution is -0.131. The maximum atomic E-state index is 12.8. The summed E-state index contributed by atoms with van der Waals surface area (Å²) < 4.78 is 3.21. The highest BCUT2D eigenvalue weighted by atomic mass is 16.2. The number of aryl methyl sites for hydroxylation is 1. The molecule has 2 aromatic heterocycles. The van der Waals surface area contributed by atoms with Crippen LogP contribution in [0.5, 0.6) is 0 Å². The number of hydrogen-bond donors (Lipinski definition) is 0. The number of hydrogen-bond acceptors (Lipinski definition) is 5. The van der Waals surface area contributed by atoms with Crippen LogP contribution >= 0.6 is 0 Å². The van der Waals surface area contributed by atoms with Gasteiger partial charge in [0.25, 0.3) is 5.56 Å². The fourth-order valence-corrected chi connectivity index (χ4v) is 3.57. The van der Waals surface area contributed by atoms with Crippen molar-refractivity contribution in [2.24, 2.45) is 7.05 Å². The van der Waals surface area contributed by atoms with Crippen LogP contribution in [0.3, 0.4) is 0 Å². The fraction of sp³-hybridized carbons (Fsp3) is 0.261. The van der Waals surface area contributed by atoms with Crippen LogP contribution < -0.4 is 5.56 Å². The van der Waals surface area contributed by atoms with Gasteiger partial charge in [0.2, 0.25) is 5.91 Å². The monoisotopic (exact) mass is 416 g/mol. The minimum Gasteiger partial charge on any atom is -0.339 e. The Labute approximate surface area is 179 Å². The van der Waals surface area contributed by atoms with E-state index in [4.69, 9.17) is 0 Å². The summed E-state index contributed by atoms with van der Waals surface area (Å²) in [4.78, 5) is 35.6. The van der Waals surface area contributed by atoms with Gasteiger partial charge in [-0.25, -0.2) is 14.6 Å². The van der Waals surface area contributed by atoms with Gasteiger partial charge in [-0.15, -0.1) is 0 Å². The van der Waals surface area contributed by atoms with Crippen LogP contribution in [0.1, 0.15) is 30.8 Å². The number of amides is 1. The van der Waals surface area contributed by atoms with Crippen LogP contribution in [0, 0.1) is 0 Å². The number of carbonyl (C=O) groups is 1. The molecule has 0 aliphatic heterocycles. The summed E-state index contributed by atoms with van der Waals surface area (Å²) in [5.41, 5.74) is 2.49. The van der Waals surface area contributed by atoms with E-state index in [1.807, 2.05) is 49.4 Å². The van der Waals surface area contributed by atoms with Gasteiger partial charge in [0.15, 0.2) is 0 Å². The number of aromatic nitrogens is 5. The fourth-order valence-electron chi connectivity index (χ4n) is 3.57. The first-order chi connectivity index (χ1) is 15.0. The van der Waals surface area contributed by atoms with Crippen LogP contribution in [0.25, 0.3) is 16.6 Å². The van der Waals surface area contributed by atoms with Crippen molar-refractivity contribution in [3.05, 3.63) is 82.9 Å². The van der Waals surface area contributed by atoms with E-state index in [9.17, 15) is 9.59 Å². The molecule has 1 atom stereocenters. The normalized spacial score (nSPS) is 12.1. The smallest absolute Gasteiger partial charge is 0.261 e. The number of carbonyl (C=O) groups excluding carboxylic acids is 1. The van der Waals surface area contributed by atoms with Crippen molar-refractivity contribution in [2.75, 3.05) is 7.05 Å². The Hall–Kier alpha value is -3.81. The zero-order valence-corrected chi connectivity index (χ0v) is 17.8. The molecule has 0 N–H and O–H groups in total. The molecule has 158 valence electrons. The second-order valence-corrected chi connectivity index (χ2v) is 7.52. The van der Waals surface area contributed by atoms with Gasteiger partial charge in [0, 0.05) is 26.9 Å². The molecule has 0 bridgehead atoms. The zero-order valence-electron chi connectivity index (χ0n) is 17.8. The molecule has 0 radical (unpaired) electrons. The van der Waals surface area contributed by atoms with Gasteiger partial charge in [0.1, 0.15) is 18.5 Å². The van der Waals surface area contributed by atoms with Crippen molar-refractivity contribution in [1.29, 1.82) is 0 Å². The molecule has 4 rings (SSSR count). The SMILES string of the molecule is C[C@H](c1ccc(-n2cncn2)cc1)N(C)C(=O)CCc1nc2ccccc2c(=O)n1C. The average Bonchev–Trinajstić information content (AvgIpc) is 3.34. The van der Waals surface area contributed by atoms with Crippen molar-refractivity contribution in [3.63, 3.8) is 0 Å². The summed E-state index contributed by atoms with van der Waals surface area (Å²) in [6.07, 6.45) is 3.81. The van der Waals surface area contributed by atoms with Crippen molar-refractivity contribution >= 4 is 16.8 Å². The van der Waals surface area contributed by atoms with Gasteiger partial charge < -0.3 is 4.90 Å². The highest BCUT2D eigenvalue weighted by molar-refractivity contribution is 5.78. The van der Waals surface area contributed by atoms with E-state index >= 15 is 0 Å². The Morgan fingerprint density at radius 2 is 1.87 bits per heavy atom. The van der Waals surface area contributed by atoms with E-state index in [0.717, 1.165) is 11.3 Å². The number of rotatable bonds is 6. The first kappa shape index (κ1) is 20.5. The lowest BCUT2D eigenvalue weighted by Gasteiger charge is -2.25. The molecule has 0 saturated heterocycles. The maximum Gasteiger partial charge on any atom is 0.261 e. The molecule has 8 nitrogen and oxygen atoms in total. The van der Waals surface area contributed by atoms with Crippen LogP contribution in [0.15, 0.2) is 66.0 Å². The highest BCUT2D eigenvalue weighted by Gasteiger charge is 2.18. The number of benzene rings is 2. The van der Waals surface area contributed by atoms with Gasteiger partial charge in [-0.05, 0) is 36.8 Å². The molecule has 2 aromatic carbocycles. The van der Waals surface area contributed by atoms with E-state index in [-0.39, 0.29) is 23.9 Å². The van der Waals surface area contributed by atoms with Gasteiger partial charge in [-0.3, -0.25) is 14.2 Å². The van der Waals surface area contributed by atoms with E-state index in [0.29, 0.717) is 23.1 Å². The minimum atomic E-state index is -0.0951. The molecular weight excluding hydrogens is 392 g/mol. The number of nitrogens with zero attached hydrogens (tertiary/aromatic N) is 6. The summed E-state index contributed by atoms with van der Waals surface area (Å²) in [7, 11) is 3.50. The Kier molecular flexibility index (Phi) is 5.62. The summed E-state index contributed by atoms with van der Waals surface area (Å²) in [5.74, 6) is 0.602. The van der Waals surface area contributed by atoms with Crippen molar-refractivity contribution in [3.8, 4) is 5.69 Å². The number of fused-ring (bicyclic) bond motifs is 1. The third-order valence-corrected chi connectivity index (χ3v) is 5.67. The molecule has 0 spiro atoms. The van der Waals surface area contributed by atoms with E-state index in [2.05, 4.69) is 15.1 Å². The van der Waals surface area contributed by atoms with Crippen LogP contribution in [-0.2, 0) is 18.3 Å². The molecule has 0 unspecified atom stereocenters. The lowest BCUT2D eigenvalue weighted by atomic mass is 10.1. The third kappa shape index (κ3) is 4.09. The second-order valence-electron chi connectivity index (χ2n) is 7.52. The molecule has 8 heteroatoms. The summed E-state index contributed by atoms with van der Waals surface area (Å²) in [6.45, 7) is 1.99. The van der Waals surface area contributed by atoms with Crippen molar-refractivity contribution in [1.82, 2.24) is 29.2 Å². The maximum absolute atomic E-state index is 12.8. The Morgan fingerprint density at radius 3 is 2.58 bits per heavy atom. The molecule has 31 heavy (non-hydrogen) atoms. The summed E-state index contributed by atoms with van der Waals surface area (Å²) in [6, 6.07) is 15.0. The first-order valence-electron chi connectivity index (χ1n) is 10.1. The van der Waals surface area contributed by atoms with E-state index in [1.165, 1.54) is 10.9 Å². The highest BCUT2D eigenvalue weighted by Crippen LogP contribution is 2.21. The van der Waals surface area contributed by atoms with E-state index < -0.39 is 0 Å². The van der Waals surface area contributed by atoms with Gasteiger partial charge in [-0.2, -0.15) is 5.10 Å². The molecule has 0 fully saturated rings. The largest absolute Gasteiger partial charge is 0.339 e. The zero-order chi connectivity index (χ0) is 22.0. The quantitative estimate of drug-likeness (QED) is 0.482. The minimum absolute atomic E-state index is 0.00439. The third-order valence-electron chi connectivity index (χ3n) is 5.67. The van der Waals surface area contributed by atoms with Crippen LogP contribution in [0.2, 0.25) is 0 Å². The summed E-state index contributed by atoms with van der Waals surface area (Å²) >= 11 is 0.